The number of hydrogen-bond donors (Lipinski definition) is 2. The number of hydrogen-bond acceptors (Lipinski definition) is 7. The number of aryl methyl sites for hydroxylation is 2. The van der Waals surface area contributed by atoms with Gasteiger partial charge in [-0.1, -0.05) is 37.3 Å². The molecule has 0 radical (unpaired) electrons. The van der Waals surface area contributed by atoms with Crippen LogP contribution in [0.2, 0.25) is 0 Å². The zero-order chi connectivity index (χ0) is 28.6. The van der Waals surface area contributed by atoms with Gasteiger partial charge in [-0.15, -0.1) is 0 Å². The first kappa shape index (κ1) is 28.4. The molecule has 206 valence electrons. The van der Waals surface area contributed by atoms with E-state index in [4.69, 9.17) is 9.47 Å². The lowest BCUT2D eigenvalue weighted by Crippen LogP contribution is -2.36. The topological polar surface area (TPSA) is 114 Å². The van der Waals surface area contributed by atoms with Gasteiger partial charge in [0.2, 0.25) is 5.91 Å². The maximum absolute atomic E-state index is 12.9. The Morgan fingerprint density at radius 2 is 1.68 bits per heavy atom. The van der Waals surface area contributed by atoms with Crippen LogP contribution in [-0.4, -0.2) is 48.1 Å². The van der Waals surface area contributed by atoms with Crippen LogP contribution in [0.1, 0.15) is 23.6 Å². The van der Waals surface area contributed by atoms with Gasteiger partial charge in [0.15, 0.2) is 18.1 Å². The minimum atomic E-state index is -0.557. The van der Waals surface area contributed by atoms with Crippen LogP contribution in [0.3, 0.4) is 0 Å². The molecule has 0 bridgehead atoms. The molecule has 9 nitrogen and oxygen atoms in total. The molecule has 1 aliphatic heterocycles. The van der Waals surface area contributed by atoms with E-state index in [9.17, 15) is 19.2 Å². The molecule has 10 heteroatoms. The number of nitrogens with one attached hydrogen (secondary N) is 2. The highest BCUT2D eigenvalue weighted by Gasteiger charge is 2.36. The Labute approximate surface area is 236 Å². The molecule has 0 spiro atoms. The molecule has 1 fully saturated rings. The summed E-state index contributed by atoms with van der Waals surface area (Å²) in [7, 11) is 1.46. The van der Waals surface area contributed by atoms with E-state index in [1.54, 1.807) is 42.5 Å². The zero-order valence-electron chi connectivity index (χ0n) is 22.4. The lowest BCUT2D eigenvalue weighted by atomic mass is 10.1. The Morgan fingerprint density at radius 1 is 0.925 bits per heavy atom. The van der Waals surface area contributed by atoms with Crippen molar-refractivity contribution in [2.24, 2.45) is 0 Å². The predicted molar refractivity (Wildman–Crippen MR) is 155 cm³/mol. The molecule has 4 rings (SSSR count). The monoisotopic (exact) mass is 559 g/mol. The van der Waals surface area contributed by atoms with Crippen molar-refractivity contribution in [1.29, 1.82) is 0 Å². The zero-order valence-corrected chi connectivity index (χ0v) is 23.2. The highest BCUT2D eigenvalue weighted by atomic mass is 32.2. The normalized spacial score (nSPS) is 13.9. The fourth-order valence-corrected chi connectivity index (χ4v) is 4.75. The minimum absolute atomic E-state index is 0.179. The largest absolute Gasteiger partial charge is 0.493 e. The van der Waals surface area contributed by atoms with Gasteiger partial charge in [0, 0.05) is 11.4 Å². The first-order valence-electron chi connectivity index (χ1n) is 12.6. The number of carbonyl (C=O) groups is 4. The molecule has 3 aromatic rings. The number of ether oxygens (including phenoxy) is 2. The SMILES string of the molecule is CCc1ccc(NC(=O)CN2C(=O)S/C(=C/c3ccc(OCC(=O)Nc4cccc(C)c4)c(OC)c3)C2=O)cc1. The summed E-state index contributed by atoms with van der Waals surface area (Å²) in [6.07, 6.45) is 2.42. The summed E-state index contributed by atoms with van der Waals surface area (Å²) in [4.78, 5) is 51.3. The van der Waals surface area contributed by atoms with Gasteiger partial charge < -0.3 is 20.1 Å². The first-order valence-corrected chi connectivity index (χ1v) is 13.4. The lowest BCUT2D eigenvalue weighted by molar-refractivity contribution is -0.127. The Balaban J connectivity index is 1.37. The van der Waals surface area contributed by atoms with Crippen LogP contribution in [0.25, 0.3) is 6.08 Å². The summed E-state index contributed by atoms with van der Waals surface area (Å²) in [5, 5.41) is 4.96. The van der Waals surface area contributed by atoms with Gasteiger partial charge in [-0.25, -0.2) is 0 Å². The van der Waals surface area contributed by atoms with E-state index in [0.717, 1.165) is 34.2 Å². The van der Waals surface area contributed by atoms with E-state index in [1.165, 1.54) is 7.11 Å². The predicted octanol–water partition coefficient (Wildman–Crippen LogP) is 5.26. The number of imide groups is 1. The summed E-state index contributed by atoms with van der Waals surface area (Å²) >= 11 is 0.757. The van der Waals surface area contributed by atoms with Gasteiger partial charge in [0.05, 0.1) is 12.0 Å². The highest BCUT2D eigenvalue weighted by molar-refractivity contribution is 8.18. The molecule has 1 saturated heterocycles. The third-order valence-electron chi connectivity index (χ3n) is 5.97. The van der Waals surface area contributed by atoms with Crippen molar-refractivity contribution in [3.05, 3.63) is 88.3 Å². The Hall–Kier alpha value is -4.57. The Bertz CT molecular complexity index is 1470. The van der Waals surface area contributed by atoms with Crippen molar-refractivity contribution in [3.63, 3.8) is 0 Å². The number of amides is 4. The fourth-order valence-electron chi connectivity index (χ4n) is 3.91. The van der Waals surface area contributed by atoms with E-state index in [0.29, 0.717) is 28.4 Å². The molecule has 3 aromatic carbocycles. The number of anilines is 2. The van der Waals surface area contributed by atoms with E-state index in [1.807, 2.05) is 44.2 Å². The van der Waals surface area contributed by atoms with Gasteiger partial charge >= 0.3 is 0 Å². The molecule has 4 amide bonds. The molecule has 1 aliphatic rings. The average Bonchev–Trinajstić information content (AvgIpc) is 3.19. The van der Waals surface area contributed by atoms with Crippen LogP contribution in [0, 0.1) is 6.92 Å². The molecule has 2 N–H and O–H groups in total. The van der Waals surface area contributed by atoms with Crippen LogP contribution in [0.15, 0.2) is 71.6 Å². The van der Waals surface area contributed by atoms with E-state index >= 15 is 0 Å². The molecule has 40 heavy (non-hydrogen) atoms. The quantitative estimate of drug-likeness (QED) is 0.326. The van der Waals surface area contributed by atoms with Crippen molar-refractivity contribution in [3.8, 4) is 11.5 Å². The molecular weight excluding hydrogens is 530 g/mol. The maximum Gasteiger partial charge on any atom is 0.294 e. The van der Waals surface area contributed by atoms with Gasteiger partial charge in [-0.3, -0.25) is 24.1 Å². The van der Waals surface area contributed by atoms with E-state index < -0.39 is 23.6 Å². The van der Waals surface area contributed by atoms with Crippen molar-refractivity contribution < 1.29 is 28.7 Å². The van der Waals surface area contributed by atoms with Crippen LogP contribution in [0.5, 0.6) is 11.5 Å². The minimum Gasteiger partial charge on any atom is -0.493 e. The van der Waals surface area contributed by atoms with Crippen molar-refractivity contribution in [1.82, 2.24) is 4.90 Å². The molecule has 1 heterocycles. The van der Waals surface area contributed by atoms with Gasteiger partial charge in [0.25, 0.3) is 17.1 Å². The molecule has 0 saturated carbocycles. The van der Waals surface area contributed by atoms with E-state index in [-0.39, 0.29) is 17.4 Å². The van der Waals surface area contributed by atoms with Crippen molar-refractivity contribution in [2.45, 2.75) is 20.3 Å². The molecule has 0 unspecified atom stereocenters. The molecular formula is C30H29N3O6S. The number of methoxy groups -OCH3 is 1. The Morgan fingerprint density at radius 3 is 2.38 bits per heavy atom. The number of carbonyl (C=O) groups excluding carboxylic acids is 4. The maximum atomic E-state index is 12.9. The second-order valence-electron chi connectivity index (χ2n) is 8.98. The number of benzene rings is 3. The molecule has 0 aliphatic carbocycles. The van der Waals surface area contributed by atoms with Gasteiger partial charge in [-0.05, 0) is 84.3 Å². The summed E-state index contributed by atoms with van der Waals surface area (Å²) in [6.45, 7) is 3.35. The summed E-state index contributed by atoms with van der Waals surface area (Å²) in [5.74, 6) is -0.658. The first-order chi connectivity index (χ1) is 19.2. The number of thioether (sulfide) groups is 1. The average molecular weight is 560 g/mol. The second kappa shape index (κ2) is 13.0. The number of nitrogens with zero attached hydrogens (tertiary/aromatic N) is 1. The Kier molecular flexibility index (Phi) is 9.23. The van der Waals surface area contributed by atoms with E-state index in [2.05, 4.69) is 10.6 Å². The van der Waals surface area contributed by atoms with Crippen molar-refractivity contribution in [2.75, 3.05) is 30.9 Å². The van der Waals surface area contributed by atoms with Crippen LogP contribution < -0.4 is 20.1 Å². The molecule has 0 atom stereocenters. The fraction of sp³-hybridized carbons (Fsp3) is 0.200. The highest BCUT2D eigenvalue weighted by Crippen LogP contribution is 2.34. The smallest absolute Gasteiger partial charge is 0.294 e. The third kappa shape index (κ3) is 7.29. The lowest BCUT2D eigenvalue weighted by Gasteiger charge is -2.13. The third-order valence-corrected chi connectivity index (χ3v) is 6.87. The van der Waals surface area contributed by atoms with Crippen molar-refractivity contribution >= 4 is 52.2 Å². The summed E-state index contributed by atoms with van der Waals surface area (Å²) in [6, 6.07) is 19.7. The molecule has 0 aromatic heterocycles. The van der Waals surface area contributed by atoms with Gasteiger partial charge in [0.1, 0.15) is 6.54 Å². The van der Waals surface area contributed by atoms with Crippen LogP contribution >= 0.6 is 11.8 Å². The number of rotatable bonds is 10. The summed E-state index contributed by atoms with van der Waals surface area (Å²) in [5.41, 5.74) is 4.00. The second-order valence-corrected chi connectivity index (χ2v) is 9.98. The standard InChI is InChI=1S/C30H29N3O6S/c1-4-20-8-11-22(12-9-20)31-27(34)17-33-29(36)26(40-30(33)37)16-21-10-13-24(25(15-21)38-3)39-18-28(35)32-23-7-5-6-19(2)14-23/h5-16H,4,17-18H2,1-3H3,(H,31,34)(H,32,35)/b26-16+. The summed E-state index contributed by atoms with van der Waals surface area (Å²) < 4.78 is 11.0. The van der Waals surface area contributed by atoms with Gasteiger partial charge in [-0.2, -0.15) is 0 Å². The van der Waals surface area contributed by atoms with Crippen LogP contribution in [0.4, 0.5) is 16.2 Å². The van der Waals surface area contributed by atoms with Crippen LogP contribution in [-0.2, 0) is 20.8 Å².